The molecule has 1 unspecified atom stereocenters. The predicted molar refractivity (Wildman–Crippen MR) is 55.1 cm³/mol. The fourth-order valence-corrected chi connectivity index (χ4v) is 1.50. The third-order valence-corrected chi connectivity index (χ3v) is 2.41. The number of hydrogen-bond acceptors (Lipinski definition) is 3. The Morgan fingerprint density at radius 2 is 2.38 bits per heavy atom. The van der Waals surface area contributed by atoms with Crippen molar-refractivity contribution in [2.24, 2.45) is 10.7 Å². The van der Waals surface area contributed by atoms with E-state index in [0.29, 0.717) is 0 Å². The number of unbranched alkanes of at least 4 members (excludes halogenated alkanes) is 1. The van der Waals surface area contributed by atoms with Gasteiger partial charge in [0.05, 0.1) is 6.54 Å². The maximum atomic E-state index is 5.48. The van der Waals surface area contributed by atoms with Crippen molar-refractivity contribution in [3.63, 3.8) is 0 Å². The number of ether oxygens (including phenoxy) is 1. The lowest BCUT2D eigenvalue weighted by molar-refractivity contribution is 0.0305. The molecule has 0 amide bonds. The molecule has 0 aromatic rings. The normalized spacial score (nSPS) is 26.6. The van der Waals surface area contributed by atoms with Crippen molar-refractivity contribution in [3.05, 3.63) is 12.2 Å². The van der Waals surface area contributed by atoms with Gasteiger partial charge in [0.25, 0.3) is 0 Å². The highest BCUT2D eigenvalue weighted by atomic mass is 16.5. The predicted octanol–water partition coefficient (Wildman–Crippen LogP) is 1.14. The second-order valence-electron chi connectivity index (χ2n) is 3.36. The summed E-state index contributed by atoms with van der Waals surface area (Å²) in [5.41, 5.74) is 5.28. The SMILES string of the molecule is COC1(CCCCN)C=CC=NC1. The highest BCUT2D eigenvalue weighted by Crippen LogP contribution is 2.22. The molecule has 1 heterocycles. The van der Waals surface area contributed by atoms with Crippen LogP contribution in [0.4, 0.5) is 0 Å². The van der Waals surface area contributed by atoms with E-state index in [-0.39, 0.29) is 5.60 Å². The summed E-state index contributed by atoms with van der Waals surface area (Å²) in [5.74, 6) is 0. The molecule has 0 aromatic heterocycles. The zero-order chi connectivity index (χ0) is 9.57. The molecule has 0 bridgehead atoms. The molecule has 1 rings (SSSR count). The van der Waals surface area contributed by atoms with Crippen molar-refractivity contribution >= 4 is 6.21 Å². The van der Waals surface area contributed by atoms with Gasteiger partial charge in [-0.25, -0.2) is 0 Å². The van der Waals surface area contributed by atoms with E-state index in [1.807, 2.05) is 12.3 Å². The standard InChI is InChI=1S/C10H18N2O/c1-13-10(5-2-3-7-11)6-4-8-12-9-10/h4,6,8H,2-3,5,7,9,11H2,1H3. The minimum Gasteiger partial charge on any atom is -0.372 e. The van der Waals surface area contributed by atoms with Gasteiger partial charge in [0.15, 0.2) is 0 Å². The second-order valence-corrected chi connectivity index (χ2v) is 3.36. The summed E-state index contributed by atoms with van der Waals surface area (Å²) in [4.78, 5) is 4.21. The van der Waals surface area contributed by atoms with Crippen molar-refractivity contribution < 1.29 is 4.74 Å². The number of dihydropyridines is 1. The molecule has 1 aliphatic heterocycles. The molecule has 0 radical (unpaired) electrons. The summed E-state index contributed by atoms with van der Waals surface area (Å²) >= 11 is 0. The van der Waals surface area contributed by atoms with Gasteiger partial charge in [0, 0.05) is 13.3 Å². The Balaban J connectivity index is 2.40. The fraction of sp³-hybridized carbons (Fsp3) is 0.700. The van der Waals surface area contributed by atoms with E-state index in [4.69, 9.17) is 10.5 Å². The first kappa shape index (κ1) is 10.4. The van der Waals surface area contributed by atoms with Crippen LogP contribution in [0.2, 0.25) is 0 Å². The van der Waals surface area contributed by atoms with Crippen LogP contribution in [-0.2, 0) is 4.74 Å². The number of methoxy groups -OCH3 is 1. The summed E-state index contributed by atoms with van der Waals surface area (Å²) in [6.45, 7) is 1.50. The molecule has 1 atom stereocenters. The van der Waals surface area contributed by atoms with Crippen molar-refractivity contribution in [1.82, 2.24) is 0 Å². The maximum Gasteiger partial charge on any atom is 0.106 e. The van der Waals surface area contributed by atoms with Crippen molar-refractivity contribution in [1.29, 1.82) is 0 Å². The van der Waals surface area contributed by atoms with Crippen molar-refractivity contribution in [2.45, 2.75) is 24.9 Å². The van der Waals surface area contributed by atoms with E-state index in [0.717, 1.165) is 32.4 Å². The highest BCUT2D eigenvalue weighted by Gasteiger charge is 2.26. The Morgan fingerprint density at radius 3 is 2.92 bits per heavy atom. The zero-order valence-corrected chi connectivity index (χ0v) is 8.20. The van der Waals surface area contributed by atoms with E-state index in [2.05, 4.69) is 11.1 Å². The van der Waals surface area contributed by atoms with Crippen LogP contribution in [0.15, 0.2) is 17.1 Å². The lowest BCUT2D eigenvalue weighted by Gasteiger charge is -2.29. The molecule has 74 valence electrons. The van der Waals surface area contributed by atoms with Gasteiger partial charge >= 0.3 is 0 Å². The molecule has 0 spiro atoms. The molecular formula is C10H18N2O. The van der Waals surface area contributed by atoms with Gasteiger partial charge in [-0.1, -0.05) is 0 Å². The average molecular weight is 182 g/mol. The van der Waals surface area contributed by atoms with Gasteiger partial charge in [-0.05, 0) is 38.0 Å². The Morgan fingerprint density at radius 1 is 1.54 bits per heavy atom. The lowest BCUT2D eigenvalue weighted by Crippen LogP contribution is -2.34. The van der Waals surface area contributed by atoms with Crippen LogP contribution >= 0.6 is 0 Å². The minimum atomic E-state index is -0.163. The Bertz CT molecular complexity index is 201. The van der Waals surface area contributed by atoms with Gasteiger partial charge in [-0.2, -0.15) is 0 Å². The first-order chi connectivity index (χ1) is 6.33. The van der Waals surface area contributed by atoms with Gasteiger partial charge in [-0.3, -0.25) is 4.99 Å². The quantitative estimate of drug-likeness (QED) is 0.648. The molecule has 0 saturated carbocycles. The molecule has 3 heteroatoms. The smallest absolute Gasteiger partial charge is 0.106 e. The number of allylic oxidation sites excluding steroid dienone is 1. The highest BCUT2D eigenvalue weighted by molar-refractivity contribution is 5.72. The van der Waals surface area contributed by atoms with E-state index < -0.39 is 0 Å². The van der Waals surface area contributed by atoms with Crippen LogP contribution in [-0.4, -0.2) is 32.0 Å². The van der Waals surface area contributed by atoms with Crippen LogP contribution in [0, 0.1) is 0 Å². The van der Waals surface area contributed by atoms with Gasteiger partial charge < -0.3 is 10.5 Å². The molecule has 0 saturated heterocycles. The molecule has 0 aliphatic carbocycles. The van der Waals surface area contributed by atoms with Crippen molar-refractivity contribution in [3.8, 4) is 0 Å². The summed E-state index contributed by atoms with van der Waals surface area (Å²) < 4.78 is 5.48. The van der Waals surface area contributed by atoms with Gasteiger partial charge in [0.2, 0.25) is 0 Å². The minimum absolute atomic E-state index is 0.163. The maximum absolute atomic E-state index is 5.48. The van der Waals surface area contributed by atoms with E-state index >= 15 is 0 Å². The van der Waals surface area contributed by atoms with Gasteiger partial charge in [-0.15, -0.1) is 0 Å². The monoisotopic (exact) mass is 182 g/mol. The van der Waals surface area contributed by atoms with Crippen LogP contribution in [0.1, 0.15) is 19.3 Å². The summed E-state index contributed by atoms with van der Waals surface area (Å²) in [6.07, 6.45) is 9.04. The summed E-state index contributed by atoms with van der Waals surface area (Å²) in [7, 11) is 1.74. The third-order valence-electron chi connectivity index (χ3n) is 2.41. The first-order valence-corrected chi connectivity index (χ1v) is 4.76. The third kappa shape index (κ3) is 2.94. The Hall–Kier alpha value is -0.670. The number of hydrogen-bond donors (Lipinski definition) is 1. The molecule has 0 aromatic carbocycles. The summed E-state index contributed by atoms with van der Waals surface area (Å²) in [5, 5.41) is 0. The number of nitrogens with two attached hydrogens (primary N) is 1. The molecular weight excluding hydrogens is 164 g/mol. The average Bonchev–Trinajstić information content (AvgIpc) is 2.20. The topological polar surface area (TPSA) is 47.6 Å². The van der Waals surface area contributed by atoms with Crippen LogP contribution < -0.4 is 5.73 Å². The zero-order valence-electron chi connectivity index (χ0n) is 8.20. The molecule has 3 nitrogen and oxygen atoms in total. The van der Waals surface area contributed by atoms with Crippen molar-refractivity contribution in [2.75, 3.05) is 20.2 Å². The fourth-order valence-electron chi connectivity index (χ4n) is 1.50. The number of rotatable bonds is 5. The Labute approximate surface area is 79.7 Å². The second kappa shape index (κ2) is 5.14. The van der Waals surface area contributed by atoms with Gasteiger partial charge in [0.1, 0.15) is 5.60 Å². The molecule has 1 aliphatic rings. The van der Waals surface area contributed by atoms with E-state index in [1.54, 1.807) is 7.11 Å². The Kier molecular flexibility index (Phi) is 4.12. The molecule has 2 N–H and O–H groups in total. The largest absolute Gasteiger partial charge is 0.372 e. The van der Waals surface area contributed by atoms with E-state index in [1.165, 1.54) is 0 Å². The summed E-state index contributed by atoms with van der Waals surface area (Å²) in [6, 6.07) is 0. The molecule has 0 fully saturated rings. The number of nitrogens with zero attached hydrogens (tertiary/aromatic N) is 1. The molecule has 13 heavy (non-hydrogen) atoms. The van der Waals surface area contributed by atoms with E-state index in [9.17, 15) is 0 Å². The first-order valence-electron chi connectivity index (χ1n) is 4.76. The lowest BCUT2D eigenvalue weighted by atomic mass is 9.94. The van der Waals surface area contributed by atoms with Crippen LogP contribution in [0.25, 0.3) is 0 Å². The van der Waals surface area contributed by atoms with Crippen LogP contribution in [0.5, 0.6) is 0 Å². The number of aliphatic imine (C=N–C) groups is 1. The van der Waals surface area contributed by atoms with Crippen LogP contribution in [0.3, 0.4) is 0 Å².